The van der Waals surface area contributed by atoms with E-state index in [0.717, 1.165) is 5.56 Å². The van der Waals surface area contributed by atoms with E-state index < -0.39 is 16.1 Å². The van der Waals surface area contributed by atoms with E-state index in [9.17, 15) is 13.2 Å². The number of rotatable bonds is 6. The number of carbonyl (C=O) groups is 1. The molecule has 1 saturated carbocycles. The largest absolute Gasteiger partial charge is 0.303 e. The predicted octanol–water partition coefficient (Wildman–Crippen LogP) is 2.15. The van der Waals surface area contributed by atoms with Gasteiger partial charge in [-0.25, -0.2) is 4.72 Å². The smallest absolute Gasteiger partial charge is 0.274 e. The monoisotopic (exact) mass is 330 g/mol. The summed E-state index contributed by atoms with van der Waals surface area (Å²) >= 11 is 5.83. The molecule has 2 atom stereocenters. The Morgan fingerprint density at radius 1 is 1.29 bits per heavy atom. The van der Waals surface area contributed by atoms with Crippen LogP contribution in [0.25, 0.3) is 0 Å². The van der Waals surface area contributed by atoms with Crippen LogP contribution in [0.15, 0.2) is 24.3 Å². The first-order valence-corrected chi connectivity index (χ1v) is 8.78. The SMILES string of the molecule is CCN(CC)S(=O)(=O)NC(=O)[C@H]1C[C@H]1c1ccc(Cl)cc1. The van der Waals surface area contributed by atoms with Crippen molar-refractivity contribution in [1.82, 2.24) is 9.03 Å². The van der Waals surface area contributed by atoms with Gasteiger partial charge in [-0.1, -0.05) is 37.6 Å². The predicted molar refractivity (Wildman–Crippen MR) is 82.3 cm³/mol. The highest BCUT2D eigenvalue weighted by Crippen LogP contribution is 2.47. The molecule has 1 aromatic rings. The average Bonchev–Trinajstić information content (AvgIpc) is 3.20. The van der Waals surface area contributed by atoms with E-state index in [1.54, 1.807) is 26.0 Å². The molecule has 116 valence electrons. The van der Waals surface area contributed by atoms with Gasteiger partial charge in [-0.05, 0) is 30.0 Å². The van der Waals surface area contributed by atoms with Crippen molar-refractivity contribution in [1.29, 1.82) is 0 Å². The molecule has 0 saturated heterocycles. The van der Waals surface area contributed by atoms with Crippen molar-refractivity contribution in [3.8, 4) is 0 Å². The van der Waals surface area contributed by atoms with Crippen molar-refractivity contribution >= 4 is 27.7 Å². The average molecular weight is 331 g/mol. The Kier molecular flexibility index (Phi) is 4.91. The summed E-state index contributed by atoms with van der Waals surface area (Å²) in [5.41, 5.74) is 1.01. The van der Waals surface area contributed by atoms with Crippen molar-refractivity contribution in [2.45, 2.75) is 26.2 Å². The van der Waals surface area contributed by atoms with Crippen LogP contribution in [0, 0.1) is 5.92 Å². The summed E-state index contributed by atoms with van der Waals surface area (Å²) < 4.78 is 27.4. The normalized spacial score (nSPS) is 21.3. The zero-order valence-electron chi connectivity index (χ0n) is 12.0. The van der Waals surface area contributed by atoms with Crippen LogP contribution < -0.4 is 4.72 Å². The van der Waals surface area contributed by atoms with Gasteiger partial charge in [0.1, 0.15) is 0 Å². The van der Waals surface area contributed by atoms with E-state index in [2.05, 4.69) is 4.72 Å². The molecule has 1 aliphatic rings. The van der Waals surface area contributed by atoms with Crippen LogP contribution in [-0.2, 0) is 15.0 Å². The summed E-state index contributed by atoms with van der Waals surface area (Å²) in [5.74, 6) is -0.632. The molecule has 0 heterocycles. The number of nitrogens with one attached hydrogen (secondary N) is 1. The summed E-state index contributed by atoms with van der Waals surface area (Å²) in [6.45, 7) is 4.15. The summed E-state index contributed by atoms with van der Waals surface area (Å²) in [5, 5.41) is 0.643. The lowest BCUT2D eigenvalue weighted by molar-refractivity contribution is -0.120. The molecule has 0 radical (unpaired) electrons. The lowest BCUT2D eigenvalue weighted by atomic mass is 10.1. The first-order valence-electron chi connectivity index (χ1n) is 6.96. The quantitative estimate of drug-likeness (QED) is 0.869. The Bertz CT molecular complexity index is 612. The first kappa shape index (κ1) is 16.3. The molecule has 1 fully saturated rings. The molecule has 1 amide bonds. The topological polar surface area (TPSA) is 66.5 Å². The van der Waals surface area contributed by atoms with Crippen LogP contribution in [0.2, 0.25) is 5.02 Å². The molecule has 0 bridgehead atoms. The fraction of sp³-hybridized carbons (Fsp3) is 0.500. The van der Waals surface area contributed by atoms with Gasteiger partial charge in [0, 0.05) is 24.0 Å². The molecule has 1 aromatic carbocycles. The third kappa shape index (κ3) is 3.75. The highest BCUT2D eigenvalue weighted by atomic mass is 35.5. The molecule has 0 spiro atoms. The van der Waals surface area contributed by atoms with Gasteiger partial charge in [-0.3, -0.25) is 4.79 Å². The highest BCUT2D eigenvalue weighted by molar-refractivity contribution is 7.87. The number of carbonyl (C=O) groups excluding carboxylic acids is 1. The van der Waals surface area contributed by atoms with Crippen molar-refractivity contribution in [3.05, 3.63) is 34.9 Å². The second-order valence-corrected chi connectivity index (χ2v) is 7.16. The Hall–Kier alpha value is -1.11. The highest BCUT2D eigenvalue weighted by Gasteiger charge is 2.45. The Morgan fingerprint density at radius 3 is 2.38 bits per heavy atom. The number of hydrogen-bond donors (Lipinski definition) is 1. The van der Waals surface area contributed by atoms with Crippen LogP contribution in [0.4, 0.5) is 0 Å². The van der Waals surface area contributed by atoms with Gasteiger partial charge in [0.05, 0.1) is 0 Å². The standard InChI is InChI=1S/C14H19ClN2O3S/c1-3-17(4-2)21(19,20)16-14(18)13-9-12(13)10-5-7-11(15)8-6-10/h5-8,12-13H,3-4,9H2,1-2H3,(H,16,18)/t12-,13-/m0/s1. The van der Waals surface area contributed by atoms with E-state index in [0.29, 0.717) is 24.5 Å². The van der Waals surface area contributed by atoms with Crippen LogP contribution >= 0.6 is 11.6 Å². The second kappa shape index (κ2) is 6.34. The summed E-state index contributed by atoms with van der Waals surface area (Å²) in [7, 11) is -3.73. The summed E-state index contributed by atoms with van der Waals surface area (Å²) in [6, 6.07) is 7.30. The fourth-order valence-corrected chi connectivity index (χ4v) is 3.73. The minimum atomic E-state index is -3.73. The van der Waals surface area contributed by atoms with E-state index in [-0.39, 0.29) is 11.8 Å². The Morgan fingerprint density at radius 2 is 1.86 bits per heavy atom. The lowest BCUT2D eigenvalue weighted by Gasteiger charge is -2.18. The molecule has 21 heavy (non-hydrogen) atoms. The van der Waals surface area contributed by atoms with Gasteiger partial charge in [-0.2, -0.15) is 12.7 Å². The maximum atomic E-state index is 12.1. The molecule has 5 nitrogen and oxygen atoms in total. The third-order valence-corrected chi connectivity index (χ3v) is 5.61. The maximum Gasteiger partial charge on any atom is 0.303 e. The summed E-state index contributed by atoms with van der Waals surface area (Å²) in [4.78, 5) is 12.1. The molecule has 7 heteroatoms. The second-order valence-electron chi connectivity index (χ2n) is 5.06. The maximum absolute atomic E-state index is 12.1. The molecule has 0 aromatic heterocycles. The van der Waals surface area contributed by atoms with Crippen LogP contribution in [0.1, 0.15) is 31.7 Å². The molecule has 0 aliphatic heterocycles. The Labute approximate surface area is 130 Å². The fourth-order valence-electron chi connectivity index (χ4n) is 2.39. The van der Waals surface area contributed by atoms with Gasteiger partial charge in [0.25, 0.3) is 0 Å². The third-order valence-electron chi connectivity index (χ3n) is 3.70. The van der Waals surface area contributed by atoms with Crippen LogP contribution in [-0.4, -0.2) is 31.7 Å². The molecular formula is C14H19ClN2O3S. The molecule has 1 aliphatic carbocycles. The Balaban J connectivity index is 1.99. The molecule has 2 rings (SSSR count). The van der Waals surface area contributed by atoms with Crippen LogP contribution in [0.5, 0.6) is 0 Å². The number of hydrogen-bond acceptors (Lipinski definition) is 3. The zero-order chi connectivity index (χ0) is 15.6. The van der Waals surface area contributed by atoms with E-state index in [1.807, 2.05) is 12.1 Å². The molecular weight excluding hydrogens is 312 g/mol. The van der Waals surface area contributed by atoms with Gasteiger partial charge in [-0.15, -0.1) is 0 Å². The first-order chi connectivity index (χ1) is 9.89. The number of nitrogens with zero attached hydrogens (tertiary/aromatic N) is 1. The van der Waals surface area contributed by atoms with E-state index in [1.165, 1.54) is 4.31 Å². The number of amides is 1. The van der Waals surface area contributed by atoms with E-state index >= 15 is 0 Å². The van der Waals surface area contributed by atoms with Gasteiger partial charge in [0.15, 0.2) is 0 Å². The minimum Gasteiger partial charge on any atom is -0.274 e. The van der Waals surface area contributed by atoms with E-state index in [4.69, 9.17) is 11.6 Å². The van der Waals surface area contributed by atoms with Crippen molar-refractivity contribution < 1.29 is 13.2 Å². The molecule has 1 N–H and O–H groups in total. The van der Waals surface area contributed by atoms with Gasteiger partial charge >= 0.3 is 10.2 Å². The molecule has 0 unspecified atom stereocenters. The zero-order valence-corrected chi connectivity index (χ0v) is 13.6. The van der Waals surface area contributed by atoms with Crippen LogP contribution in [0.3, 0.4) is 0 Å². The van der Waals surface area contributed by atoms with Gasteiger partial charge < -0.3 is 0 Å². The van der Waals surface area contributed by atoms with Crippen molar-refractivity contribution in [2.24, 2.45) is 5.92 Å². The summed E-state index contributed by atoms with van der Waals surface area (Å²) in [6.07, 6.45) is 0.668. The lowest BCUT2D eigenvalue weighted by Crippen LogP contribution is -2.44. The van der Waals surface area contributed by atoms with Crippen molar-refractivity contribution in [3.63, 3.8) is 0 Å². The number of benzene rings is 1. The van der Waals surface area contributed by atoms with Gasteiger partial charge in [0.2, 0.25) is 5.91 Å². The number of halogens is 1. The minimum absolute atomic E-state index is 0.0779. The van der Waals surface area contributed by atoms with Crippen molar-refractivity contribution in [2.75, 3.05) is 13.1 Å².